The van der Waals surface area contributed by atoms with E-state index in [9.17, 15) is 58.8 Å². The number of unbranched alkanes of at least 4 members (excludes halogenated alkanes) is 4. The van der Waals surface area contributed by atoms with Crippen molar-refractivity contribution >= 4 is 69.9 Å². The SMILES string of the molecule is CCC(C)C(NC(=O)CNC(=O)CNC(=O)C(NC(=O)C1C[C@@H](O)CN1C)[C@@H](C)C(O)CO)C(=O)NCC(=O)N[C@H](CSc1[nH]c2cc(OC=CCCCCCCC(C)C)ccc2c1C)C(=O)NC(CC(N)=O)C(C)O. The Morgan fingerprint density at radius 1 is 0.855 bits per heavy atom. The number of aliphatic hydroxyl groups excluding tert-OH is 4. The summed E-state index contributed by atoms with van der Waals surface area (Å²) in [6, 6.07) is 0.00956. The molecule has 14 N–H and O–H groups in total. The van der Waals surface area contributed by atoms with Crippen molar-refractivity contribution in [2.24, 2.45) is 23.5 Å². The average Bonchev–Trinajstić information content (AvgIpc) is 3.89. The number of hydrogen-bond acceptors (Lipinski definition) is 15. The topological polar surface area (TPSA) is 356 Å². The van der Waals surface area contributed by atoms with E-state index in [4.69, 9.17) is 10.5 Å². The number of carbonyl (C=O) groups excluding carboxylic acids is 8. The highest BCUT2D eigenvalue weighted by atomic mass is 32.2. The van der Waals surface area contributed by atoms with E-state index in [0.29, 0.717) is 17.2 Å². The largest absolute Gasteiger partial charge is 0.465 e. The number of H-pyrrole nitrogens is 1. The van der Waals surface area contributed by atoms with Crippen LogP contribution in [0.15, 0.2) is 35.6 Å². The first-order valence-corrected chi connectivity index (χ1v) is 27.2. The highest BCUT2D eigenvalue weighted by molar-refractivity contribution is 7.99. The molecule has 0 aliphatic carbocycles. The molecule has 23 nitrogen and oxygen atoms in total. The van der Waals surface area contributed by atoms with Crippen LogP contribution in [0.25, 0.3) is 10.9 Å². The van der Waals surface area contributed by atoms with Crippen molar-refractivity contribution in [1.82, 2.24) is 47.1 Å². The number of aromatic nitrogens is 1. The molecule has 1 aromatic carbocycles. The van der Waals surface area contributed by atoms with Gasteiger partial charge in [0.1, 0.15) is 23.9 Å². The van der Waals surface area contributed by atoms with E-state index in [1.54, 1.807) is 32.1 Å². The van der Waals surface area contributed by atoms with Crippen LogP contribution in [0.3, 0.4) is 0 Å². The van der Waals surface area contributed by atoms with Crippen LogP contribution in [0.4, 0.5) is 0 Å². The molecule has 426 valence electrons. The third-order valence-corrected chi connectivity index (χ3v) is 14.6. The van der Waals surface area contributed by atoms with E-state index >= 15 is 0 Å². The van der Waals surface area contributed by atoms with Gasteiger partial charge in [-0.05, 0) is 75.8 Å². The fraction of sp³-hybridized carbons (Fsp3) is 0.654. The number of nitrogens with one attached hydrogen (secondary N) is 8. The van der Waals surface area contributed by atoms with E-state index in [1.807, 2.05) is 31.2 Å². The lowest BCUT2D eigenvalue weighted by Crippen LogP contribution is -2.57. The number of benzene rings is 1. The zero-order chi connectivity index (χ0) is 56.6. The molecule has 1 aliphatic rings. The lowest BCUT2D eigenvalue weighted by molar-refractivity contribution is -0.134. The Balaban J connectivity index is 1.62. The molecule has 0 radical (unpaired) electrons. The summed E-state index contributed by atoms with van der Waals surface area (Å²) in [5.74, 6) is -6.21. The van der Waals surface area contributed by atoms with Crippen LogP contribution in [0.5, 0.6) is 5.75 Å². The van der Waals surface area contributed by atoms with Crippen LogP contribution >= 0.6 is 11.8 Å². The van der Waals surface area contributed by atoms with Crippen LogP contribution in [-0.2, 0) is 38.4 Å². The van der Waals surface area contributed by atoms with Gasteiger partial charge in [-0.15, -0.1) is 11.8 Å². The van der Waals surface area contributed by atoms with Crippen LogP contribution < -0.4 is 47.7 Å². The Labute approximate surface area is 449 Å². The number of nitrogens with zero attached hydrogens (tertiary/aromatic N) is 1. The van der Waals surface area contributed by atoms with Gasteiger partial charge in [-0.3, -0.25) is 43.3 Å². The van der Waals surface area contributed by atoms with Crippen molar-refractivity contribution in [3.63, 3.8) is 0 Å². The molecule has 1 fully saturated rings. The summed E-state index contributed by atoms with van der Waals surface area (Å²) < 4.78 is 5.89. The van der Waals surface area contributed by atoms with E-state index in [0.717, 1.165) is 35.2 Å². The molecule has 0 saturated carbocycles. The number of aromatic amines is 1. The smallest absolute Gasteiger partial charge is 0.243 e. The van der Waals surface area contributed by atoms with Crippen LogP contribution in [-0.4, -0.2) is 172 Å². The van der Waals surface area contributed by atoms with Crippen molar-refractivity contribution in [3.05, 3.63) is 36.1 Å². The minimum Gasteiger partial charge on any atom is -0.465 e. The number of rotatable bonds is 34. The molecule has 2 heterocycles. The van der Waals surface area contributed by atoms with Crippen molar-refractivity contribution in [1.29, 1.82) is 0 Å². The van der Waals surface area contributed by atoms with Gasteiger partial charge in [0, 0.05) is 36.1 Å². The summed E-state index contributed by atoms with van der Waals surface area (Å²) in [6.45, 7) is 10.3. The zero-order valence-corrected chi connectivity index (χ0v) is 46.1. The zero-order valence-electron chi connectivity index (χ0n) is 45.2. The lowest BCUT2D eigenvalue weighted by atomic mass is 9.94. The molecule has 1 aromatic heterocycles. The second kappa shape index (κ2) is 32.7. The molecule has 1 saturated heterocycles. The molecule has 2 aromatic rings. The maximum absolute atomic E-state index is 13.7. The summed E-state index contributed by atoms with van der Waals surface area (Å²) in [6.07, 6.45) is 7.40. The van der Waals surface area contributed by atoms with Crippen LogP contribution in [0.1, 0.15) is 105 Å². The van der Waals surface area contributed by atoms with Gasteiger partial charge in [0.15, 0.2) is 0 Å². The Bertz CT molecular complexity index is 2280. The molecule has 7 unspecified atom stereocenters. The third kappa shape index (κ3) is 21.7. The molecular formula is C52H84N10O13S. The molecule has 0 spiro atoms. The number of aliphatic hydroxyl groups is 4. The maximum Gasteiger partial charge on any atom is 0.243 e. The molecule has 24 heteroatoms. The number of hydrogen-bond donors (Lipinski definition) is 13. The van der Waals surface area contributed by atoms with Crippen molar-refractivity contribution < 1.29 is 63.5 Å². The van der Waals surface area contributed by atoms with Gasteiger partial charge >= 0.3 is 0 Å². The standard InChI is InChI=1S/C52H84N10O13S/c1-9-30(4)46(60-45(70)24-54-43(68)23-55-51(74)47(32(6)41(66)27-63)61-49(72)40-20-34(65)26-62(40)8)50(73)56-25-44(69)57-39(48(71)58-37(33(7)64)22-42(53)67)28-76-52-31(5)36-18-17-35(21-38(36)59-52)75-19-15-13-11-10-12-14-16-29(2)3/h15,17-19,21,29-30,32-34,37,39-41,46-47,59,63-66H,9-14,16,20,22-28H2,1-8H3,(H2,53,67)(H,54,68)(H,55,74)(H,56,73)(H,57,69)(H,58,71)(H,60,70)(H,61,72)/t30?,32-,33?,34+,37?,39+,40?,41?,46?,47?/m0/s1. The number of carbonyl (C=O) groups is 8. The number of nitrogens with two attached hydrogens (primary N) is 1. The fourth-order valence-corrected chi connectivity index (χ4v) is 9.46. The first kappa shape index (κ1) is 64.5. The first-order chi connectivity index (χ1) is 35.9. The predicted octanol–water partition coefficient (Wildman–Crippen LogP) is 0.102. The highest BCUT2D eigenvalue weighted by Crippen LogP contribution is 2.32. The van der Waals surface area contributed by atoms with Gasteiger partial charge in [-0.1, -0.05) is 66.7 Å². The van der Waals surface area contributed by atoms with E-state index in [-0.39, 0.29) is 25.1 Å². The first-order valence-electron chi connectivity index (χ1n) is 26.2. The maximum atomic E-state index is 13.7. The van der Waals surface area contributed by atoms with Gasteiger partial charge < -0.3 is 73.1 Å². The molecule has 0 bridgehead atoms. The number of fused-ring (bicyclic) bond motifs is 1. The van der Waals surface area contributed by atoms with Crippen LogP contribution in [0, 0.1) is 24.7 Å². The van der Waals surface area contributed by atoms with Gasteiger partial charge in [-0.25, -0.2) is 0 Å². The highest BCUT2D eigenvalue weighted by Gasteiger charge is 2.38. The Kier molecular flexibility index (Phi) is 27.8. The fourth-order valence-electron chi connectivity index (χ4n) is 8.39. The van der Waals surface area contributed by atoms with E-state index in [1.165, 1.54) is 51.3 Å². The Hall–Kier alpha value is -5.79. The van der Waals surface area contributed by atoms with Crippen LogP contribution in [0.2, 0.25) is 0 Å². The molecule has 76 heavy (non-hydrogen) atoms. The van der Waals surface area contributed by atoms with Crippen molar-refractivity contribution in [2.75, 3.05) is 45.6 Å². The number of β-amino-alcohol motifs (C(OH)–C–C–N with tert-alkyl or cyclic N) is 1. The minimum atomic E-state index is -1.41. The summed E-state index contributed by atoms with van der Waals surface area (Å²) in [7, 11) is 1.63. The number of amides is 8. The molecule has 1 aliphatic heterocycles. The van der Waals surface area contributed by atoms with Gasteiger partial charge in [0.05, 0.1) is 73.4 Å². The minimum absolute atomic E-state index is 0.0279. The number of allylic oxidation sites excluding steroid dienone is 1. The number of likely N-dealkylation sites (N-methyl/N-ethyl adjacent to an activating group) is 1. The van der Waals surface area contributed by atoms with Crippen molar-refractivity contribution in [3.8, 4) is 5.75 Å². The number of thioether (sulfide) groups is 1. The molecular weight excluding hydrogens is 1000 g/mol. The average molecular weight is 1090 g/mol. The third-order valence-electron chi connectivity index (χ3n) is 13.4. The molecule has 10 atom stereocenters. The number of primary amides is 1. The van der Waals surface area contributed by atoms with E-state index < -0.39 is 134 Å². The molecule has 8 amide bonds. The number of ether oxygens (including phenoxy) is 1. The van der Waals surface area contributed by atoms with Gasteiger partial charge in [-0.2, -0.15) is 0 Å². The van der Waals surface area contributed by atoms with Crippen molar-refractivity contribution in [2.45, 2.75) is 160 Å². The summed E-state index contributed by atoms with van der Waals surface area (Å²) in [5.41, 5.74) is 7.04. The predicted molar refractivity (Wildman–Crippen MR) is 287 cm³/mol. The second-order valence-corrected chi connectivity index (χ2v) is 21.2. The molecule has 3 rings (SSSR count). The normalized spacial score (nSPS) is 17.9. The van der Waals surface area contributed by atoms with Gasteiger partial charge in [0.2, 0.25) is 47.3 Å². The Morgan fingerprint density at radius 3 is 2.12 bits per heavy atom. The lowest BCUT2D eigenvalue weighted by Gasteiger charge is -2.29. The summed E-state index contributed by atoms with van der Waals surface area (Å²) in [4.78, 5) is 110. The van der Waals surface area contributed by atoms with E-state index in [2.05, 4.69) is 56.0 Å². The summed E-state index contributed by atoms with van der Waals surface area (Å²) >= 11 is 1.24. The number of likely N-dealkylation sites (tertiary alicyclic amines) is 1. The second-order valence-electron chi connectivity index (χ2n) is 20.2. The Morgan fingerprint density at radius 2 is 1.50 bits per heavy atom. The van der Waals surface area contributed by atoms with Gasteiger partial charge in [0.25, 0.3) is 0 Å². The number of aryl methyl sites for hydroxylation is 1. The quantitative estimate of drug-likeness (QED) is 0.0251. The summed E-state index contributed by atoms with van der Waals surface area (Å²) in [5, 5.41) is 59.2. The monoisotopic (exact) mass is 1090 g/mol.